The van der Waals surface area contributed by atoms with Gasteiger partial charge in [-0.3, -0.25) is 10.1 Å². The second kappa shape index (κ2) is 13.9. The summed E-state index contributed by atoms with van der Waals surface area (Å²) >= 11 is 0. The Hall–Kier alpha value is -2.17. The quantitative estimate of drug-likeness (QED) is 0.124. The standard InChI is InChI=1S/C24H36N2O3/c1-2-3-4-5-6-7-8-9-10-11-12-13-14-15-16-17-24-25-22-19-18-21(26(27)28)20-23(22)29-24/h9-10,18-20H,2-8,11-17H2,1H3/b10-9+. The molecule has 0 radical (unpaired) electrons. The summed E-state index contributed by atoms with van der Waals surface area (Å²) in [7, 11) is 0. The van der Waals surface area contributed by atoms with E-state index in [0.717, 1.165) is 12.8 Å². The SMILES string of the molecule is CCCCCCCC/C=C/CCCCCCCc1nc2ccc([N+](=O)[O-])cc2o1. The van der Waals surface area contributed by atoms with E-state index in [2.05, 4.69) is 24.1 Å². The lowest BCUT2D eigenvalue weighted by Gasteiger charge is -1.99. The van der Waals surface area contributed by atoms with E-state index in [1.165, 1.54) is 89.2 Å². The summed E-state index contributed by atoms with van der Waals surface area (Å²) in [6, 6.07) is 4.57. The maximum absolute atomic E-state index is 10.8. The molecule has 29 heavy (non-hydrogen) atoms. The number of aryl methyl sites for hydroxylation is 1. The molecule has 1 heterocycles. The molecule has 0 amide bonds. The molecular weight excluding hydrogens is 364 g/mol. The molecule has 160 valence electrons. The number of nitrogens with zero attached hydrogens (tertiary/aromatic N) is 2. The molecule has 0 unspecified atom stereocenters. The molecule has 5 nitrogen and oxygen atoms in total. The summed E-state index contributed by atoms with van der Waals surface area (Å²) in [4.78, 5) is 14.8. The van der Waals surface area contributed by atoms with Gasteiger partial charge in [-0.1, -0.05) is 70.4 Å². The topological polar surface area (TPSA) is 69.2 Å². The van der Waals surface area contributed by atoms with Crippen LogP contribution in [-0.2, 0) is 6.42 Å². The zero-order chi connectivity index (χ0) is 20.7. The first-order chi connectivity index (χ1) is 14.2. The molecule has 1 aromatic heterocycles. The molecule has 0 saturated carbocycles. The van der Waals surface area contributed by atoms with E-state index in [0.29, 0.717) is 17.0 Å². The highest BCUT2D eigenvalue weighted by Gasteiger charge is 2.11. The lowest BCUT2D eigenvalue weighted by molar-refractivity contribution is -0.384. The molecule has 0 fully saturated rings. The molecule has 0 atom stereocenters. The maximum atomic E-state index is 10.8. The maximum Gasteiger partial charge on any atom is 0.273 e. The Morgan fingerprint density at radius 2 is 1.55 bits per heavy atom. The van der Waals surface area contributed by atoms with Gasteiger partial charge in [-0.05, 0) is 38.2 Å². The van der Waals surface area contributed by atoms with Gasteiger partial charge in [0.15, 0.2) is 11.5 Å². The molecule has 0 bridgehead atoms. The minimum Gasteiger partial charge on any atom is -0.440 e. The first-order valence-electron chi connectivity index (χ1n) is 11.4. The molecule has 0 saturated heterocycles. The van der Waals surface area contributed by atoms with Crippen LogP contribution in [0.5, 0.6) is 0 Å². The van der Waals surface area contributed by atoms with Crippen molar-refractivity contribution in [2.45, 2.75) is 96.8 Å². The van der Waals surface area contributed by atoms with Gasteiger partial charge in [0.1, 0.15) is 5.52 Å². The third-order valence-corrected chi connectivity index (χ3v) is 5.28. The molecule has 2 aromatic rings. The largest absolute Gasteiger partial charge is 0.440 e. The van der Waals surface area contributed by atoms with Crippen molar-refractivity contribution in [2.24, 2.45) is 0 Å². The average Bonchev–Trinajstić information content (AvgIpc) is 3.12. The second-order valence-electron chi connectivity index (χ2n) is 7.85. The number of hydrogen-bond acceptors (Lipinski definition) is 4. The Bertz CT molecular complexity index is 752. The average molecular weight is 401 g/mol. The third-order valence-electron chi connectivity index (χ3n) is 5.28. The van der Waals surface area contributed by atoms with Crippen molar-refractivity contribution in [3.8, 4) is 0 Å². The first kappa shape index (κ1) is 23.1. The summed E-state index contributed by atoms with van der Waals surface area (Å²) in [5.74, 6) is 0.679. The molecule has 0 N–H and O–H groups in total. The minimum absolute atomic E-state index is 0.0428. The number of aromatic nitrogens is 1. The van der Waals surface area contributed by atoms with Crippen molar-refractivity contribution >= 4 is 16.8 Å². The molecule has 5 heteroatoms. The normalized spacial score (nSPS) is 11.6. The number of hydrogen-bond donors (Lipinski definition) is 0. The van der Waals surface area contributed by atoms with Crippen molar-refractivity contribution in [1.29, 1.82) is 0 Å². The number of non-ortho nitro benzene ring substituents is 1. The van der Waals surface area contributed by atoms with E-state index in [9.17, 15) is 10.1 Å². The monoisotopic (exact) mass is 400 g/mol. The first-order valence-corrected chi connectivity index (χ1v) is 11.4. The van der Waals surface area contributed by atoms with Crippen LogP contribution in [0.15, 0.2) is 34.8 Å². The van der Waals surface area contributed by atoms with Crippen molar-refractivity contribution in [3.63, 3.8) is 0 Å². The predicted octanol–water partition coefficient (Wildman–Crippen LogP) is 7.93. The number of unbranched alkanes of at least 4 members (excludes halogenated alkanes) is 11. The number of nitro groups is 1. The molecule has 0 aliphatic carbocycles. The number of rotatable bonds is 16. The summed E-state index contributed by atoms with van der Waals surface area (Å²) < 4.78 is 5.65. The van der Waals surface area contributed by atoms with E-state index in [1.54, 1.807) is 6.07 Å². The fourth-order valence-electron chi connectivity index (χ4n) is 3.53. The molecule has 0 spiro atoms. The van der Waals surface area contributed by atoms with E-state index in [4.69, 9.17) is 4.42 Å². The molecule has 0 aliphatic heterocycles. The smallest absolute Gasteiger partial charge is 0.273 e. The summed E-state index contributed by atoms with van der Waals surface area (Å²) in [6.45, 7) is 2.26. The van der Waals surface area contributed by atoms with Crippen LogP contribution in [0.1, 0.15) is 96.3 Å². The van der Waals surface area contributed by atoms with Gasteiger partial charge in [-0.15, -0.1) is 0 Å². The Balaban J connectivity index is 1.47. The molecule has 0 aliphatic rings. The van der Waals surface area contributed by atoms with Crippen LogP contribution < -0.4 is 0 Å². The number of allylic oxidation sites excluding steroid dienone is 2. The van der Waals surface area contributed by atoms with Gasteiger partial charge in [0, 0.05) is 12.5 Å². The highest BCUT2D eigenvalue weighted by molar-refractivity contribution is 5.75. The molecular formula is C24H36N2O3. The van der Waals surface area contributed by atoms with Crippen molar-refractivity contribution in [3.05, 3.63) is 46.4 Å². The molecule has 2 rings (SSSR count). The fourth-order valence-corrected chi connectivity index (χ4v) is 3.53. The Morgan fingerprint density at radius 3 is 2.21 bits per heavy atom. The summed E-state index contributed by atoms with van der Waals surface area (Å²) in [6.07, 6.45) is 22.1. The van der Waals surface area contributed by atoms with Crippen molar-refractivity contribution in [1.82, 2.24) is 4.98 Å². The highest BCUT2D eigenvalue weighted by atomic mass is 16.6. The van der Waals surface area contributed by atoms with Gasteiger partial charge >= 0.3 is 0 Å². The predicted molar refractivity (Wildman–Crippen MR) is 119 cm³/mol. The summed E-state index contributed by atoms with van der Waals surface area (Å²) in [5.41, 5.74) is 1.24. The second-order valence-corrected chi connectivity index (χ2v) is 7.85. The Kier molecular flexibility index (Phi) is 11.1. The Labute approximate surface area is 174 Å². The number of fused-ring (bicyclic) bond motifs is 1. The van der Waals surface area contributed by atoms with E-state index in [1.807, 2.05) is 0 Å². The zero-order valence-electron chi connectivity index (χ0n) is 17.9. The van der Waals surface area contributed by atoms with Crippen LogP contribution in [0.25, 0.3) is 11.1 Å². The van der Waals surface area contributed by atoms with Gasteiger partial charge in [0.05, 0.1) is 11.0 Å². The van der Waals surface area contributed by atoms with Crippen LogP contribution >= 0.6 is 0 Å². The number of oxazole rings is 1. The van der Waals surface area contributed by atoms with Gasteiger partial charge in [0.25, 0.3) is 5.69 Å². The van der Waals surface area contributed by atoms with Crippen LogP contribution in [0.3, 0.4) is 0 Å². The number of nitro benzene ring substituents is 1. The van der Waals surface area contributed by atoms with Crippen LogP contribution in [0.2, 0.25) is 0 Å². The van der Waals surface area contributed by atoms with Gasteiger partial charge in [-0.25, -0.2) is 4.98 Å². The van der Waals surface area contributed by atoms with Gasteiger partial charge in [0.2, 0.25) is 0 Å². The van der Waals surface area contributed by atoms with E-state index < -0.39 is 4.92 Å². The van der Waals surface area contributed by atoms with Gasteiger partial charge in [-0.2, -0.15) is 0 Å². The lowest BCUT2D eigenvalue weighted by atomic mass is 10.1. The summed E-state index contributed by atoms with van der Waals surface area (Å²) in [5, 5.41) is 10.8. The number of benzene rings is 1. The van der Waals surface area contributed by atoms with Crippen LogP contribution in [-0.4, -0.2) is 9.91 Å². The van der Waals surface area contributed by atoms with Crippen molar-refractivity contribution < 1.29 is 9.34 Å². The Morgan fingerprint density at radius 1 is 0.931 bits per heavy atom. The van der Waals surface area contributed by atoms with Crippen LogP contribution in [0, 0.1) is 10.1 Å². The van der Waals surface area contributed by atoms with Gasteiger partial charge < -0.3 is 4.42 Å². The lowest BCUT2D eigenvalue weighted by Crippen LogP contribution is -1.86. The van der Waals surface area contributed by atoms with Crippen molar-refractivity contribution in [2.75, 3.05) is 0 Å². The highest BCUT2D eigenvalue weighted by Crippen LogP contribution is 2.22. The van der Waals surface area contributed by atoms with E-state index in [-0.39, 0.29) is 5.69 Å². The zero-order valence-corrected chi connectivity index (χ0v) is 17.9. The fraction of sp³-hybridized carbons (Fsp3) is 0.625. The van der Waals surface area contributed by atoms with Crippen LogP contribution in [0.4, 0.5) is 5.69 Å². The van der Waals surface area contributed by atoms with E-state index >= 15 is 0 Å². The minimum atomic E-state index is -0.411. The molecule has 1 aromatic carbocycles. The third kappa shape index (κ3) is 9.25.